The summed E-state index contributed by atoms with van der Waals surface area (Å²) in [5.41, 5.74) is 2.31. The van der Waals surface area contributed by atoms with Gasteiger partial charge >= 0.3 is 0 Å². The van der Waals surface area contributed by atoms with Crippen molar-refractivity contribution in [2.24, 2.45) is 11.8 Å². The summed E-state index contributed by atoms with van der Waals surface area (Å²) in [6.07, 6.45) is 5.29. The maximum absolute atomic E-state index is 6.14. The summed E-state index contributed by atoms with van der Waals surface area (Å²) in [4.78, 5) is 4.55. The second-order valence-corrected chi connectivity index (χ2v) is 6.99. The maximum Gasteiger partial charge on any atom is 0.214 e. The fraction of sp³-hybridized carbons (Fsp3) is 0.722. The summed E-state index contributed by atoms with van der Waals surface area (Å²) in [5, 5.41) is 3.48. The highest BCUT2D eigenvalue weighted by molar-refractivity contribution is 5.24. The van der Waals surface area contributed by atoms with Crippen LogP contribution in [-0.4, -0.2) is 17.6 Å². The lowest BCUT2D eigenvalue weighted by molar-refractivity contribution is 0.123. The van der Waals surface area contributed by atoms with Crippen LogP contribution in [0.3, 0.4) is 0 Å². The van der Waals surface area contributed by atoms with Crippen LogP contribution >= 0.6 is 0 Å². The largest absolute Gasteiger partial charge is 0.474 e. The van der Waals surface area contributed by atoms with E-state index in [1.54, 1.807) is 0 Å². The van der Waals surface area contributed by atoms with E-state index < -0.39 is 0 Å². The van der Waals surface area contributed by atoms with E-state index in [0.717, 1.165) is 37.0 Å². The Morgan fingerprint density at radius 2 is 2.14 bits per heavy atom. The summed E-state index contributed by atoms with van der Waals surface area (Å²) in [7, 11) is 0. The van der Waals surface area contributed by atoms with Gasteiger partial charge in [-0.25, -0.2) is 4.98 Å². The Balaban J connectivity index is 1.94. The first kappa shape index (κ1) is 16.3. The van der Waals surface area contributed by atoms with Gasteiger partial charge in [0.15, 0.2) is 0 Å². The maximum atomic E-state index is 6.14. The zero-order chi connectivity index (χ0) is 15.2. The molecule has 3 nitrogen and oxygen atoms in total. The van der Waals surface area contributed by atoms with E-state index in [1.807, 2.05) is 6.92 Å². The van der Waals surface area contributed by atoms with E-state index in [9.17, 15) is 0 Å². The zero-order valence-electron chi connectivity index (χ0n) is 14.0. The van der Waals surface area contributed by atoms with Gasteiger partial charge in [0.25, 0.3) is 0 Å². The van der Waals surface area contributed by atoms with E-state index in [-0.39, 0.29) is 0 Å². The van der Waals surface area contributed by atoms with Crippen LogP contribution in [0.1, 0.15) is 57.7 Å². The molecule has 0 bridgehead atoms. The molecule has 0 spiro atoms. The van der Waals surface area contributed by atoms with Crippen molar-refractivity contribution in [3.63, 3.8) is 0 Å². The smallest absolute Gasteiger partial charge is 0.214 e. The van der Waals surface area contributed by atoms with Gasteiger partial charge in [0, 0.05) is 18.3 Å². The average molecular weight is 290 g/mol. The molecule has 1 N–H and O–H groups in total. The number of nitrogens with one attached hydrogen (secondary N) is 1. The molecule has 118 valence electrons. The van der Waals surface area contributed by atoms with E-state index in [4.69, 9.17) is 4.74 Å². The fourth-order valence-corrected chi connectivity index (χ4v) is 3.03. The minimum atomic E-state index is 0.347. The van der Waals surface area contributed by atoms with Crippen molar-refractivity contribution in [2.45, 2.75) is 66.0 Å². The van der Waals surface area contributed by atoms with Crippen LogP contribution in [0.2, 0.25) is 0 Å². The molecule has 1 fully saturated rings. The molecule has 0 radical (unpaired) electrons. The number of pyridine rings is 1. The molecule has 1 heterocycles. The molecule has 0 aromatic carbocycles. The number of ether oxygens (including phenoxy) is 1. The predicted molar refractivity (Wildman–Crippen MR) is 87.6 cm³/mol. The molecular formula is C18H30N2O. The van der Waals surface area contributed by atoms with Crippen LogP contribution in [0.5, 0.6) is 5.88 Å². The minimum Gasteiger partial charge on any atom is -0.474 e. The molecule has 1 aliphatic carbocycles. The van der Waals surface area contributed by atoms with Gasteiger partial charge in [-0.05, 0) is 56.2 Å². The first-order valence-electron chi connectivity index (χ1n) is 8.38. The molecule has 1 aromatic heterocycles. The van der Waals surface area contributed by atoms with Crippen molar-refractivity contribution in [3.05, 3.63) is 23.4 Å². The molecule has 2 rings (SSSR count). The minimum absolute atomic E-state index is 0.347. The Hall–Kier alpha value is -1.09. The van der Waals surface area contributed by atoms with Crippen LogP contribution < -0.4 is 10.1 Å². The Morgan fingerprint density at radius 3 is 2.86 bits per heavy atom. The molecule has 0 saturated heterocycles. The summed E-state index contributed by atoms with van der Waals surface area (Å²) in [6, 6.07) is 4.24. The molecule has 2 atom stereocenters. The number of aromatic nitrogens is 1. The quantitative estimate of drug-likeness (QED) is 0.856. The van der Waals surface area contributed by atoms with E-state index >= 15 is 0 Å². The SMILES string of the molecule is Cc1cc(CNCC(C)C)cc(OC2CCCC(C)C2)n1. The van der Waals surface area contributed by atoms with Crippen molar-refractivity contribution in [3.8, 4) is 5.88 Å². The Morgan fingerprint density at radius 1 is 1.33 bits per heavy atom. The van der Waals surface area contributed by atoms with Gasteiger partial charge < -0.3 is 10.1 Å². The van der Waals surface area contributed by atoms with Gasteiger partial charge in [-0.1, -0.05) is 27.2 Å². The summed E-state index contributed by atoms with van der Waals surface area (Å²) >= 11 is 0. The van der Waals surface area contributed by atoms with Crippen molar-refractivity contribution < 1.29 is 4.74 Å². The molecule has 0 aliphatic heterocycles. The molecule has 1 aromatic rings. The van der Waals surface area contributed by atoms with Crippen molar-refractivity contribution in [1.29, 1.82) is 0 Å². The summed E-state index contributed by atoms with van der Waals surface area (Å²) < 4.78 is 6.14. The molecule has 21 heavy (non-hydrogen) atoms. The Labute approximate surface area is 129 Å². The fourth-order valence-electron chi connectivity index (χ4n) is 3.03. The average Bonchev–Trinajstić information content (AvgIpc) is 2.37. The first-order valence-corrected chi connectivity index (χ1v) is 8.38. The van der Waals surface area contributed by atoms with E-state index in [2.05, 4.69) is 43.2 Å². The molecule has 0 amide bonds. The lowest BCUT2D eigenvalue weighted by Crippen LogP contribution is -2.24. The predicted octanol–water partition coefficient (Wildman–Crippen LogP) is 4.09. The van der Waals surface area contributed by atoms with Crippen LogP contribution in [0.15, 0.2) is 12.1 Å². The molecular weight excluding hydrogens is 260 g/mol. The molecule has 2 unspecified atom stereocenters. The second-order valence-electron chi connectivity index (χ2n) is 6.99. The van der Waals surface area contributed by atoms with E-state index in [0.29, 0.717) is 12.0 Å². The Kier molecular flexibility index (Phi) is 6.04. The Bertz CT molecular complexity index is 445. The summed E-state index contributed by atoms with van der Waals surface area (Å²) in [6.45, 7) is 10.7. The lowest BCUT2D eigenvalue weighted by Gasteiger charge is -2.27. The molecule has 3 heteroatoms. The van der Waals surface area contributed by atoms with Crippen molar-refractivity contribution >= 4 is 0 Å². The van der Waals surface area contributed by atoms with Crippen molar-refractivity contribution in [2.75, 3.05) is 6.54 Å². The van der Waals surface area contributed by atoms with Gasteiger partial charge in [-0.3, -0.25) is 0 Å². The standard InChI is InChI=1S/C18H30N2O/c1-13(2)11-19-12-16-9-15(4)20-18(10-16)21-17-7-5-6-14(3)8-17/h9-10,13-14,17,19H,5-8,11-12H2,1-4H3. The third-order valence-electron chi connectivity index (χ3n) is 4.05. The highest BCUT2D eigenvalue weighted by Crippen LogP contribution is 2.27. The third-order valence-corrected chi connectivity index (χ3v) is 4.05. The third kappa shape index (κ3) is 5.66. The van der Waals surface area contributed by atoms with Gasteiger partial charge in [0.2, 0.25) is 5.88 Å². The highest BCUT2D eigenvalue weighted by atomic mass is 16.5. The number of hydrogen-bond acceptors (Lipinski definition) is 3. The van der Waals surface area contributed by atoms with Crippen LogP contribution in [-0.2, 0) is 6.54 Å². The van der Waals surface area contributed by atoms with Crippen molar-refractivity contribution in [1.82, 2.24) is 10.3 Å². The monoisotopic (exact) mass is 290 g/mol. The van der Waals surface area contributed by atoms with Gasteiger partial charge in [0.05, 0.1) is 0 Å². The second kappa shape index (κ2) is 7.79. The summed E-state index contributed by atoms with van der Waals surface area (Å²) in [5.74, 6) is 2.25. The zero-order valence-corrected chi connectivity index (χ0v) is 14.0. The molecule has 1 aliphatic rings. The van der Waals surface area contributed by atoms with Crippen LogP contribution in [0.25, 0.3) is 0 Å². The highest BCUT2D eigenvalue weighted by Gasteiger charge is 2.20. The number of nitrogens with zero attached hydrogens (tertiary/aromatic N) is 1. The van der Waals surface area contributed by atoms with Gasteiger partial charge in [-0.15, -0.1) is 0 Å². The topological polar surface area (TPSA) is 34.1 Å². The number of hydrogen-bond donors (Lipinski definition) is 1. The first-order chi connectivity index (χ1) is 10.0. The van der Waals surface area contributed by atoms with E-state index in [1.165, 1.54) is 24.8 Å². The normalized spacial score (nSPS) is 22.5. The van der Waals surface area contributed by atoms with Gasteiger partial charge in [-0.2, -0.15) is 0 Å². The van der Waals surface area contributed by atoms with Gasteiger partial charge in [0.1, 0.15) is 6.10 Å². The molecule has 1 saturated carbocycles. The van der Waals surface area contributed by atoms with Crippen LogP contribution in [0.4, 0.5) is 0 Å². The number of rotatable bonds is 6. The van der Waals surface area contributed by atoms with Crippen LogP contribution in [0, 0.1) is 18.8 Å². The number of aryl methyl sites for hydroxylation is 1. The lowest BCUT2D eigenvalue weighted by atomic mass is 9.89.